The van der Waals surface area contributed by atoms with Gasteiger partial charge in [-0.1, -0.05) is 60.7 Å². The molecule has 1 heteroatoms. The van der Waals surface area contributed by atoms with Gasteiger partial charge in [0, 0.05) is 33.1 Å². The fourth-order valence-corrected chi connectivity index (χ4v) is 1.82. The van der Waals surface area contributed by atoms with Gasteiger partial charge in [-0.2, -0.15) is 0 Å². The van der Waals surface area contributed by atoms with Crippen LogP contribution in [0.4, 0.5) is 0 Å². The molecule has 2 aromatic carbocycles. The van der Waals surface area contributed by atoms with Crippen LogP contribution < -0.4 is 0 Å². The van der Waals surface area contributed by atoms with E-state index in [1.807, 2.05) is 60.7 Å². The first-order chi connectivity index (χ1) is 11.2. The standard InChI is InChI=1S/C17H20N/c1-15(2)18(13-16-9-5-3-6-10-16)14-17-11-7-4-8-12-17/h3-12H,13-14H2,1-2H3/q+1/i1D3,2D3. The van der Waals surface area contributed by atoms with Crippen LogP contribution in [0.2, 0.25) is 0 Å². The van der Waals surface area contributed by atoms with Crippen molar-refractivity contribution in [1.29, 1.82) is 0 Å². The van der Waals surface area contributed by atoms with Gasteiger partial charge in [-0.05, 0) is 0 Å². The molecule has 0 saturated heterocycles. The quantitative estimate of drug-likeness (QED) is 0.567. The molecule has 0 aromatic heterocycles. The molecule has 0 radical (unpaired) electrons. The van der Waals surface area contributed by atoms with Crippen molar-refractivity contribution in [2.24, 2.45) is 0 Å². The summed E-state index contributed by atoms with van der Waals surface area (Å²) in [5.41, 5.74) is 1.22. The van der Waals surface area contributed by atoms with Crippen molar-refractivity contribution in [2.45, 2.75) is 26.8 Å². The van der Waals surface area contributed by atoms with E-state index in [9.17, 15) is 0 Å². The van der Waals surface area contributed by atoms with E-state index >= 15 is 0 Å². The summed E-state index contributed by atoms with van der Waals surface area (Å²) in [6.45, 7) is -4.92. The molecule has 0 fully saturated rings. The third-order valence-electron chi connectivity index (χ3n) is 2.75. The Morgan fingerprint density at radius 3 is 1.67 bits per heavy atom. The minimum atomic E-state index is -2.69. The Labute approximate surface area is 118 Å². The molecular formula is C17H20N+. The molecule has 92 valence electrons. The Bertz CT molecular complexity index is 627. The average Bonchev–Trinajstić information content (AvgIpc) is 2.46. The molecule has 1 nitrogen and oxygen atoms in total. The predicted molar refractivity (Wildman–Crippen MR) is 76.9 cm³/mol. The lowest BCUT2D eigenvalue weighted by Crippen LogP contribution is -2.16. The second-order valence-corrected chi connectivity index (χ2v) is 4.18. The van der Waals surface area contributed by atoms with Crippen molar-refractivity contribution in [2.75, 3.05) is 0 Å². The van der Waals surface area contributed by atoms with Crippen LogP contribution in [0.25, 0.3) is 0 Å². The predicted octanol–water partition coefficient (Wildman–Crippen LogP) is 3.88. The van der Waals surface area contributed by atoms with Crippen molar-refractivity contribution >= 4 is 5.71 Å². The summed E-state index contributed by atoms with van der Waals surface area (Å²) in [5, 5.41) is 0. The highest BCUT2D eigenvalue weighted by Gasteiger charge is 2.09. The lowest BCUT2D eigenvalue weighted by Gasteiger charge is -2.06. The molecule has 0 saturated carbocycles. The van der Waals surface area contributed by atoms with Crippen molar-refractivity contribution in [3.63, 3.8) is 0 Å². The van der Waals surface area contributed by atoms with Crippen LogP contribution in [0.1, 0.15) is 33.1 Å². The second-order valence-electron chi connectivity index (χ2n) is 4.18. The van der Waals surface area contributed by atoms with E-state index in [1.54, 1.807) is 0 Å². The van der Waals surface area contributed by atoms with Crippen LogP contribution in [0.3, 0.4) is 0 Å². The molecule has 2 rings (SSSR count). The number of rotatable bonds is 4. The highest BCUT2D eigenvalue weighted by Crippen LogP contribution is 2.06. The van der Waals surface area contributed by atoms with Gasteiger partial charge in [-0.3, -0.25) is 0 Å². The lowest BCUT2D eigenvalue weighted by atomic mass is 10.2. The number of hydrogen-bond acceptors (Lipinski definition) is 0. The molecule has 18 heavy (non-hydrogen) atoms. The molecule has 2 aromatic rings. The van der Waals surface area contributed by atoms with Gasteiger partial charge < -0.3 is 0 Å². The molecule has 0 spiro atoms. The summed E-state index contributed by atoms with van der Waals surface area (Å²) in [7, 11) is 0. The van der Waals surface area contributed by atoms with Gasteiger partial charge in [0.05, 0.1) is 0 Å². The van der Waals surface area contributed by atoms with Gasteiger partial charge in [-0.15, -0.1) is 0 Å². The Hall–Kier alpha value is -1.89. The van der Waals surface area contributed by atoms with Crippen molar-refractivity contribution in [1.82, 2.24) is 0 Å². The van der Waals surface area contributed by atoms with Crippen LogP contribution in [0.15, 0.2) is 60.7 Å². The highest BCUT2D eigenvalue weighted by atomic mass is 15.0. The first-order valence-corrected chi connectivity index (χ1v) is 5.88. The van der Waals surface area contributed by atoms with Gasteiger partial charge >= 0.3 is 0 Å². The first-order valence-electron chi connectivity index (χ1n) is 8.88. The van der Waals surface area contributed by atoms with Gasteiger partial charge in [0.15, 0.2) is 13.1 Å². The molecule has 0 N–H and O–H groups in total. The minimum Gasteiger partial charge on any atom is -0.229 e. The fraction of sp³-hybridized carbons (Fsp3) is 0.235. The van der Waals surface area contributed by atoms with Crippen LogP contribution in [-0.4, -0.2) is 10.3 Å². The zero-order valence-electron chi connectivity index (χ0n) is 16.1. The Balaban J connectivity index is 2.53. The average molecular weight is 244 g/mol. The Morgan fingerprint density at radius 2 is 1.28 bits per heavy atom. The number of nitrogens with zero attached hydrogens (tertiary/aromatic N) is 1. The van der Waals surface area contributed by atoms with Crippen molar-refractivity contribution in [3.8, 4) is 0 Å². The van der Waals surface area contributed by atoms with E-state index in [0.717, 1.165) is 11.1 Å². The Kier molecular flexibility index (Phi) is 2.35. The van der Waals surface area contributed by atoms with Gasteiger partial charge in [-0.25, -0.2) is 4.58 Å². The van der Waals surface area contributed by atoms with Crippen LogP contribution in [0.5, 0.6) is 0 Å². The highest BCUT2D eigenvalue weighted by molar-refractivity contribution is 5.73. The SMILES string of the molecule is [2H]C([2H])([2H])C(=[N+](Cc1ccccc1)Cc1ccccc1)C([2H])([2H])[2H]. The largest absolute Gasteiger partial charge is 0.229 e. The molecule has 0 bridgehead atoms. The molecule has 0 atom stereocenters. The molecule has 0 unspecified atom stereocenters. The molecule has 0 aliphatic rings. The third-order valence-corrected chi connectivity index (χ3v) is 2.75. The normalized spacial score (nSPS) is 16.4. The van der Waals surface area contributed by atoms with Crippen molar-refractivity contribution in [3.05, 3.63) is 71.8 Å². The molecular weight excluding hydrogens is 218 g/mol. The second kappa shape index (κ2) is 6.15. The van der Waals surface area contributed by atoms with Crippen LogP contribution in [-0.2, 0) is 13.1 Å². The summed E-state index contributed by atoms with van der Waals surface area (Å²) >= 11 is 0. The summed E-state index contributed by atoms with van der Waals surface area (Å²) in [6, 6.07) is 18.5. The van der Waals surface area contributed by atoms with Gasteiger partial charge in [0.25, 0.3) is 0 Å². The Morgan fingerprint density at radius 1 is 0.833 bits per heavy atom. The maximum absolute atomic E-state index is 7.70. The summed E-state index contributed by atoms with van der Waals surface area (Å²) in [4.78, 5) is 0. The van der Waals surface area contributed by atoms with Gasteiger partial charge in [0.1, 0.15) is 5.71 Å². The van der Waals surface area contributed by atoms with E-state index in [2.05, 4.69) is 0 Å². The maximum Gasteiger partial charge on any atom is 0.168 e. The topological polar surface area (TPSA) is 3.01 Å². The first kappa shape index (κ1) is 6.89. The van der Waals surface area contributed by atoms with E-state index in [4.69, 9.17) is 8.22 Å². The maximum atomic E-state index is 7.70. The molecule has 0 heterocycles. The zero-order valence-corrected chi connectivity index (χ0v) is 10.1. The fourth-order valence-electron chi connectivity index (χ4n) is 1.82. The minimum absolute atomic E-state index is 0.224. The number of hydrogen-bond donors (Lipinski definition) is 0. The monoisotopic (exact) mass is 244 g/mol. The van der Waals surface area contributed by atoms with Gasteiger partial charge in [0.2, 0.25) is 0 Å². The van der Waals surface area contributed by atoms with E-state index in [-0.39, 0.29) is 13.1 Å². The third kappa shape index (κ3) is 3.56. The summed E-state index contributed by atoms with van der Waals surface area (Å²) in [5.74, 6) is 0. The van der Waals surface area contributed by atoms with E-state index < -0.39 is 19.4 Å². The lowest BCUT2D eigenvalue weighted by molar-refractivity contribution is -0.560. The summed E-state index contributed by atoms with van der Waals surface area (Å²) in [6.07, 6.45) is 0. The molecule has 0 aliphatic carbocycles. The van der Waals surface area contributed by atoms with E-state index in [0.29, 0.717) is 0 Å². The van der Waals surface area contributed by atoms with Crippen LogP contribution >= 0.6 is 0 Å². The van der Waals surface area contributed by atoms with Crippen molar-refractivity contribution < 1.29 is 12.8 Å². The summed E-state index contributed by atoms with van der Waals surface area (Å²) < 4.78 is 47.7. The zero-order chi connectivity index (χ0) is 17.8. The molecule has 0 amide bonds. The smallest absolute Gasteiger partial charge is 0.168 e. The van der Waals surface area contributed by atoms with E-state index in [1.165, 1.54) is 4.58 Å². The molecule has 0 aliphatic heterocycles. The number of benzene rings is 2. The van der Waals surface area contributed by atoms with Crippen LogP contribution in [0, 0.1) is 0 Å².